The van der Waals surface area contributed by atoms with Gasteiger partial charge >= 0.3 is 5.97 Å². The Balaban J connectivity index is 2.01. The summed E-state index contributed by atoms with van der Waals surface area (Å²) in [7, 11) is 0. The van der Waals surface area contributed by atoms with Gasteiger partial charge in [-0.05, 0) is 73.4 Å². The SMILES string of the molecule is CCc1ccc(-n2c(C)cc(/C=C(/C#N)c3ccc(C(=O)O)cc3)c2C)cc1. The summed E-state index contributed by atoms with van der Waals surface area (Å²) < 4.78 is 2.17. The second kappa shape index (κ2) is 7.98. The average Bonchev–Trinajstić information content (AvgIpc) is 2.99. The average molecular weight is 370 g/mol. The van der Waals surface area contributed by atoms with E-state index in [2.05, 4.69) is 47.9 Å². The summed E-state index contributed by atoms with van der Waals surface area (Å²) in [6, 6.07) is 19.2. The molecule has 0 bridgehead atoms. The number of aromatic carboxylic acids is 1. The maximum atomic E-state index is 11.0. The highest BCUT2D eigenvalue weighted by Gasteiger charge is 2.11. The van der Waals surface area contributed by atoms with Crippen molar-refractivity contribution in [1.82, 2.24) is 4.57 Å². The molecule has 0 aliphatic heterocycles. The molecular weight excluding hydrogens is 348 g/mol. The fourth-order valence-electron chi connectivity index (χ4n) is 3.34. The molecule has 0 unspecified atom stereocenters. The molecule has 0 aliphatic rings. The summed E-state index contributed by atoms with van der Waals surface area (Å²) in [5, 5.41) is 18.7. The number of nitriles is 1. The summed E-state index contributed by atoms with van der Waals surface area (Å²) in [6.45, 7) is 6.22. The van der Waals surface area contributed by atoms with Gasteiger partial charge in [0.25, 0.3) is 0 Å². The molecule has 0 aliphatic carbocycles. The van der Waals surface area contributed by atoms with Crippen molar-refractivity contribution < 1.29 is 9.90 Å². The highest BCUT2D eigenvalue weighted by atomic mass is 16.4. The standard InChI is InChI=1S/C24H22N2O2/c1-4-18-5-11-23(12-6-18)26-16(2)13-21(17(26)3)14-22(15-25)19-7-9-20(10-8-19)24(27)28/h5-14H,4H2,1-3H3,(H,27,28)/b22-14-. The Kier molecular flexibility index (Phi) is 5.47. The van der Waals surface area contributed by atoms with Crippen molar-refractivity contribution >= 4 is 17.6 Å². The van der Waals surface area contributed by atoms with E-state index >= 15 is 0 Å². The molecule has 0 spiro atoms. The number of carbonyl (C=O) groups is 1. The minimum atomic E-state index is -0.980. The maximum Gasteiger partial charge on any atom is 0.335 e. The quantitative estimate of drug-likeness (QED) is 0.610. The summed E-state index contributed by atoms with van der Waals surface area (Å²) in [5.41, 5.74) is 6.90. The van der Waals surface area contributed by atoms with Crippen molar-refractivity contribution in [2.24, 2.45) is 0 Å². The Hall–Kier alpha value is -3.58. The number of rotatable bonds is 5. The third kappa shape index (κ3) is 3.74. The minimum Gasteiger partial charge on any atom is -0.478 e. The van der Waals surface area contributed by atoms with Gasteiger partial charge in [0, 0.05) is 17.1 Å². The molecule has 0 atom stereocenters. The van der Waals surface area contributed by atoms with Crippen molar-refractivity contribution in [3.05, 3.63) is 88.2 Å². The van der Waals surface area contributed by atoms with Crippen LogP contribution in [-0.2, 0) is 6.42 Å². The largest absolute Gasteiger partial charge is 0.478 e. The first-order chi connectivity index (χ1) is 13.4. The first-order valence-electron chi connectivity index (χ1n) is 9.18. The van der Waals surface area contributed by atoms with Gasteiger partial charge in [-0.3, -0.25) is 0 Å². The summed E-state index contributed by atoms with van der Waals surface area (Å²) in [6.07, 6.45) is 2.86. The molecular formula is C24H22N2O2. The van der Waals surface area contributed by atoms with Crippen molar-refractivity contribution in [2.45, 2.75) is 27.2 Å². The Labute approximate surface area is 165 Å². The first kappa shape index (κ1) is 19.2. The summed E-state index contributed by atoms with van der Waals surface area (Å²) in [4.78, 5) is 11.0. The summed E-state index contributed by atoms with van der Waals surface area (Å²) >= 11 is 0. The van der Waals surface area contributed by atoms with Crippen LogP contribution in [0.1, 0.15) is 45.4 Å². The fraction of sp³-hybridized carbons (Fsp3) is 0.167. The van der Waals surface area contributed by atoms with Crippen molar-refractivity contribution in [3.63, 3.8) is 0 Å². The van der Waals surface area contributed by atoms with Gasteiger partial charge in [0.2, 0.25) is 0 Å². The number of aryl methyl sites for hydroxylation is 2. The van der Waals surface area contributed by atoms with Gasteiger partial charge in [-0.25, -0.2) is 4.79 Å². The smallest absolute Gasteiger partial charge is 0.335 e. The molecule has 1 aromatic heterocycles. The number of carboxylic acids is 1. The Bertz CT molecular complexity index is 1080. The molecule has 4 heteroatoms. The number of aromatic nitrogens is 1. The molecule has 2 aromatic carbocycles. The van der Waals surface area contributed by atoms with Crippen LogP contribution in [0.25, 0.3) is 17.3 Å². The van der Waals surface area contributed by atoms with Crippen LogP contribution in [0.3, 0.4) is 0 Å². The number of nitrogens with zero attached hydrogens (tertiary/aromatic N) is 2. The zero-order valence-electron chi connectivity index (χ0n) is 16.2. The van der Waals surface area contributed by atoms with E-state index in [0.717, 1.165) is 29.1 Å². The van der Waals surface area contributed by atoms with Crippen LogP contribution in [0.2, 0.25) is 0 Å². The van der Waals surface area contributed by atoms with Crippen molar-refractivity contribution in [2.75, 3.05) is 0 Å². The highest BCUT2D eigenvalue weighted by molar-refractivity contribution is 5.92. The molecule has 1 N–H and O–H groups in total. The van der Waals surface area contributed by atoms with Crippen LogP contribution in [-0.4, -0.2) is 15.6 Å². The predicted octanol–water partition coefficient (Wildman–Crippen LogP) is 5.42. The van der Waals surface area contributed by atoms with E-state index in [1.807, 2.05) is 19.9 Å². The van der Waals surface area contributed by atoms with Crippen LogP contribution in [0.15, 0.2) is 54.6 Å². The van der Waals surface area contributed by atoms with Gasteiger partial charge in [0.1, 0.15) is 0 Å². The van der Waals surface area contributed by atoms with E-state index in [0.29, 0.717) is 11.1 Å². The second-order valence-electron chi connectivity index (χ2n) is 6.73. The lowest BCUT2D eigenvalue weighted by Gasteiger charge is -2.10. The highest BCUT2D eigenvalue weighted by Crippen LogP contribution is 2.26. The van der Waals surface area contributed by atoms with Gasteiger partial charge in [0.15, 0.2) is 0 Å². The number of benzene rings is 2. The van der Waals surface area contributed by atoms with Crippen molar-refractivity contribution in [1.29, 1.82) is 5.26 Å². The maximum absolute atomic E-state index is 11.0. The number of hydrogen-bond donors (Lipinski definition) is 1. The Morgan fingerprint density at radius 2 is 1.68 bits per heavy atom. The fourth-order valence-corrected chi connectivity index (χ4v) is 3.34. The molecule has 3 rings (SSSR count). The lowest BCUT2D eigenvalue weighted by atomic mass is 10.0. The topological polar surface area (TPSA) is 66.0 Å². The molecule has 28 heavy (non-hydrogen) atoms. The molecule has 1 heterocycles. The number of carboxylic acid groups (broad SMARTS) is 1. The van der Waals surface area contributed by atoms with E-state index in [9.17, 15) is 10.1 Å². The number of hydrogen-bond acceptors (Lipinski definition) is 2. The zero-order valence-corrected chi connectivity index (χ0v) is 16.2. The molecule has 0 fully saturated rings. The van der Waals surface area contributed by atoms with Gasteiger partial charge in [-0.1, -0.05) is 31.2 Å². The minimum absolute atomic E-state index is 0.203. The predicted molar refractivity (Wildman–Crippen MR) is 112 cm³/mol. The van der Waals surface area contributed by atoms with Gasteiger partial charge in [0.05, 0.1) is 17.2 Å². The van der Waals surface area contributed by atoms with Crippen LogP contribution >= 0.6 is 0 Å². The van der Waals surface area contributed by atoms with Crippen LogP contribution in [0.4, 0.5) is 0 Å². The molecule has 4 nitrogen and oxygen atoms in total. The molecule has 0 amide bonds. The monoisotopic (exact) mass is 370 g/mol. The lowest BCUT2D eigenvalue weighted by molar-refractivity contribution is 0.0697. The van der Waals surface area contributed by atoms with Crippen LogP contribution in [0.5, 0.6) is 0 Å². The lowest BCUT2D eigenvalue weighted by Crippen LogP contribution is -1.99. The first-order valence-corrected chi connectivity index (χ1v) is 9.18. The molecule has 3 aromatic rings. The molecule has 0 radical (unpaired) electrons. The van der Waals surface area contributed by atoms with Gasteiger partial charge in [-0.15, -0.1) is 0 Å². The zero-order chi connectivity index (χ0) is 20.3. The Morgan fingerprint density at radius 3 is 2.21 bits per heavy atom. The second-order valence-corrected chi connectivity index (χ2v) is 6.73. The normalized spacial score (nSPS) is 11.3. The molecule has 0 saturated carbocycles. The van der Waals surface area contributed by atoms with Crippen LogP contribution < -0.4 is 0 Å². The van der Waals surface area contributed by atoms with E-state index in [4.69, 9.17) is 5.11 Å². The van der Waals surface area contributed by atoms with Gasteiger partial charge < -0.3 is 9.67 Å². The molecule has 0 saturated heterocycles. The molecule has 140 valence electrons. The third-order valence-corrected chi connectivity index (χ3v) is 4.94. The van der Waals surface area contributed by atoms with Gasteiger partial charge in [-0.2, -0.15) is 5.26 Å². The van der Waals surface area contributed by atoms with E-state index in [1.54, 1.807) is 12.1 Å². The number of allylic oxidation sites excluding steroid dienone is 1. The van der Waals surface area contributed by atoms with Crippen LogP contribution in [0, 0.1) is 25.2 Å². The van der Waals surface area contributed by atoms with E-state index < -0.39 is 5.97 Å². The summed E-state index contributed by atoms with van der Waals surface area (Å²) in [5.74, 6) is -0.980. The Morgan fingerprint density at radius 1 is 1.07 bits per heavy atom. The third-order valence-electron chi connectivity index (χ3n) is 4.94. The van der Waals surface area contributed by atoms with E-state index in [1.165, 1.54) is 17.7 Å². The van der Waals surface area contributed by atoms with E-state index in [-0.39, 0.29) is 5.56 Å². The van der Waals surface area contributed by atoms with Crippen molar-refractivity contribution in [3.8, 4) is 11.8 Å².